The van der Waals surface area contributed by atoms with E-state index in [1.165, 1.54) is 16.3 Å². The van der Waals surface area contributed by atoms with E-state index in [2.05, 4.69) is 47.8 Å². The van der Waals surface area contributed by atoms with Gasteiger partial charge in [0.1, 0.15) is 0 Å². The van der Waals surface area contributed by atoms with Crippen molar-refractivity contribution in [2.45, 2.75) is 6.42 Å². The van der Waals surface area contributed by atoms with Crippen LogP contribution >= 0.6 is 0 Å². The van der Waals surface area contributed by atoms with Crippen molar-refractivity contribution in [3.8, 4) is 0 Å². The highest BCUT2D eigenvalue weighted by atomic mass is 14.8. The summed E-state index contributed by atoms with van der Waals surface area (Å²) in [6.07, 6.45) is 4.99. The highest BCUT2D eigenvalue weighted by Gasteiger charge is 2.08. The molecule has 1 heterocycles. The first-order valence-corrected chi connectivity index (χ1v) is 4.81. The number of rotatable bonds is 0. The second kappa shape index (κ2) is 2.88. The molecule has 0 saturated heterocycles. The zero-order chi connectivity index (χ0) is 9.38. The molecule has 0 aromatic heterocycles. The van der Waals surface area contributed by atoms with Crippen LogP contribution < -0.4 is 5.32 Å². The minimum atomic E-state index is 1.00. The highest BCUT2D eigenvalue weighted by Crippen LogP contribution is 2.28. The predicted molar refractivity (Wildman–Crippen MR) is 58.6 cm³/mol. The van der Waals surface area contributed by atoms with Crippen LogP contribution in [0.3, 0.4) is 0 Å². The summed E-state index contributed by atoms with van der Waals surface area (Å²) in [4.78, 5) is 0. The van der Waals surface area contributed by atoms with E-state index in [-0.39, 0.29) is 0 Å². The van der Waals surface area contributed by atoms with Crippen LogP contribution in [0.4, 0.5) is 5.69 Å². The standard InChI is InChI=1S/C13H10N/c1-2-5-11-10(4-1)7-8-13-12(11)6-3-9-14-13/h1-5,7-9H,6H2. The summed E-state index contributed by atoms with van der Waals surface area (Å²) in [6, 6.07) is 12.7. The van der Waals surface area contributed by atoms with Crippen molar-refractivity contribution in [2.24, 2.45) is 0 Å². The molecule has 1 aliphatic heterocycles. The van der Waals surface area contributed by atoms with E-state index >= 15 is 0 Å². The molecule has 1 radical (unpaired) electrons. The molecule has 1 heteroatoms. The summed E-state index contributed by atoms with van der Waals surface area (Å²) in [6.45, 7) is 0. The number of hydrogen-bond donors (Lipinski definition) is 0. The molecule has 0 bridgehead atoms. The van der Waals surface area contributed by atoms with Crippen molar-refractivity contribution in [3.63, 3.8) is 0 Å². The molecule has 1 nitrogen and oxygen atoms in total. The van der Waals surface area contributed by atoms with Gasteiger partial charge in [-0.15, -0.1) is 0 Å². The molecule has 1 aliphatic rings. The largest absolute Gasteiger partial charge is 0.257 e. The fourth-order valence-corrected chi connectivity index (χ4v) is 1.96. The lowest BCUT2D eigenvalue weighted by Gasteiger charge is -2.13. The van der Waals surface area contributed by atoms with Gasteiger partial charge in [0.15, 0.2) is 0 Å². The normalized spacial score (nSPS) is 13.7. The summed E-state index contributed by atoms with van der Waals surface area (Å²) in [7, 11) is 0. The Morgan fingerprint density at radius 1 is 1.00 bits per heavy atom. The van der Waals surface area contributed by atoms with Gasteiger partial charge in [0.2, 0.25) is 0 Å². The van der Waals surface area contributed by atoms with Crippen molar-refractivity contribution < 1.29 is 0 Å². The summed E-state index contributed by atoms with van der Waals surface area (Å²) in [5.74, 6) is 0. The van der Waals surface area contributed by atoms with Gasteiger partial charge in [0, 0.05) is 6.20 Å². The number of fused-ring (bicyclic) bond motifs is 3. The lowest BCUT2D eigenvalue weighted by Crippen LogP contribution is -1.99. The average molecular weight is 180 g/mol. The Labute approximate surface area is 83.1 Å². The van der Waals surface area contributed by atoms with Gasteiger partial charge < -0.3 is 0 Å². The first-order chi connectivity index (χ1) is 6.95. The topological polar surface area (TPSA) is 14.1 Å². The molecule has 0 amide bonds. The third-order valence-corrected chi connectivity index (χ3v) is 2.66. The van der Waals surface area contributed by atoms with Crippen molar-refractivity contribution in [1.29, 1.82) is 0 Å². The van der Waals surface area contributed by atoms with E-state index in [0.29, 0.717) is 0 Å². The maximum atomic E-state index is 4.36. The van der Waals surface area contributed by atoms with Gasteiger partial charge >= 0.3 is 0 Å². The Hall–Kier alpha value is -1.76. The number of hydrogen-bond acceptors (Lipinski definition) is 0. The Morgan fingerprint density at radius 2 is 1.93 bits per heavy atom. The SMILES string of the molecule is C1=C[N]c2ccc3ccccc3c2C1. The van der Waals surface area contributed by atoms with Crippen LogP contribution in [0.15, 0.2) is 48.7 Å². The third kappa shape index (κ3) is 1.02. The van der Waals surface area contributed by atoms with Crippen molar-refractivity contribution in [2.75, 3.05) is 0 Å². The zero-order valence-electron chi connectivity index (χ0n) is 7.77. The highest BCUT2D eigenvalue weighted by molar-refractivity contribution is 5.89. The van der Waals surface area contributed by atoms with Crippen molar-refractivity contribution >= 4 is 16.5 Å². The van der Waals surface area contributed by atoms with Crippen molar-refractivity contribution in [3.05, 3.63) is 54.2 Å². The second-order valence-electron chi connectivity index (χ2n) is 3.50. The van der Waals surface area contributed by atoms with Gasteiger partial charge in [0.25, 0.3) is 0 Å². The van der Waals surface area contributed by atoms with Gasteiger partial charge in [-0.2, -0.15) is 0 Å². The summed E-state index contributed by atoms with van der Waals surface area (Å²) in [5, 5.41) is 7.00. The average Bonchev–Trinajstić information content (AvgIpc) is 2.29. The molecule has 14 heavy (non-hydrogen) atoms. The number of nitrogens with zero attached hydrogens (tertiary/aromatic N) is 1. The maximum Gasteiger partial charge on any atom is 0.0671 e. The smallest absolute Gasteiger partial charge is 0.0671 e. The van der Waals surface area contributed by atoms with Gasteiger partial charge in [-0.1, -0.05) is 36.4 Å². The lowest BCUT2D eigenvalue weighted by molar-refractivity contribution is 1.07. The molecule has 0 saturated carbocycles. The first kappa shape index (κ1) is 7.63. The van der Waals surface area contributed by atoms with E-state index in [1.54, 1.807) is 0 Å². The third-order valence-electron chi connectivity index (χ3n) is 2.66. The van der Waals surface area contributed by atoms with Gasteiger partial charge in [-0.05, 0) is 28.8 Å². The number of benzene rings is 2. The Kier molecular flexibility index (Phi) is 1.57. The molecular weight excluding hydrogens is 170 g/mol. The van der Waals surface area contributed by atoms with E-state index in [0.717, 1.165) is 12.1 Å². The molecule has 0 unspecified atom stereocenters. The zero-order valence-corrected chi connectivity index (χ0v) is 7.77. The van der Waals surface area contributed by atoms with Gasteiger partial charge in [0.05, 0.1) is 5.69 Å². The summed E-state index contributed by atoms with van der Waals surface area (Å²) < 4.78 is 0. The van der Waals surface area contributed by atoms with E-state index in [9.17, 15) is 0 Å². The molecule has 2 aromatic rings. The lowest BCUT2D eigenvalue weighted by atomic mass is 9.99. The molecular formula is C13H10N. The Morgan fingerprint density at radius 3 is 2.93 bits per heavy atom. The maximum absolute atomic E-state index is 4.36. The monoisotopic (exact) mass is 180 g/mol. The van der Waals surface area contributed by atoms with Crippen LogP contribution in [0.25, 0.3) is 10.8 Å². The quantitative estimate of drug-likeness (QED) is 0.591. The molecule has 0 atom stereocenters. The molecule has 67 valence electrons. The summed E-state index contributed by atoms with van der Waals surface area (Å²) in [5.41, 5.74) is 2.47. The van der Waals surface area contributed by atoms with Gasteiger partial charge in [-0.25, -0.2) is 0 Å². The minimum absolute atomic E-state index is 1.00. The Bertz CT molecular complexity index is 512. The Balaban J connectivity index is 2.37. The predicted octanol–water partition coefficient (Wildman–Crippen LogP) is 3.15. The first-order valence-electron chi connectivity index (χ1n) is 4.81. The number of allylic oxidation sites excluding steroid dienone is 1. The fraction of sp³-hybridized carbons (Fsp3) is 0.0769. The van der Waals surface area contributed by atoms with E-state index < -0.39 is 0 Å². The molecule has 0 N–H and O–H groups in total. The van der Waals surface area contributed by atoms with Crippen LogP contribution in [-0.2, 0) is 6.42 Å². The van der Waals surface area contributed by atoms with Crippen LogP contribution in [0.1, 0.15) is 5.56 Å². The fourth-order valence-electron chi connectivity index (χ4n) is 1.96. The summed E-state index contributed by atoms with van der Waals surface area (Å²) >= 11 is 0. The van der Waals surface area contributed by atoms with Crippen molar-refractivity contribution in [1.82, 2.24) is 5.32 Å². The molecule has 0 fully saturated rings. The molecule has 0 aliphatic carbocycles. The van der Waals surface area contributed by atoms with Crippen LogP contribution in [0, 0.1) is 0 Å². The molecule has 0 spiro atoms. The van der Waals surface area contributed by atoms with E-state index in [1.807, 2.05) is 6.20 Å². The molecule has 3 rings (SSSR count). The molecule has 2 aromatic carbocycles. The second-order valence-corrected chi connectivity index (χ2v) is 3.50. The van der Waals surface area contributed by atoms with E-state index in [4.69, 9.17) is 0 Å². The van der Waals surface area contributed by atoms with Crippen LogP contribution in [-0.4, -0.2) is 0 Å². The minimum Gasteiger partial charge on any atom is -0.257 e. The van der Waals surface area contributed by atoms with Gasteiger partial charge in [-0.3, -0.25) is 5.32 Å². The van der Waals surface area contributed by atoms with Crippen LogP contribution in [0.5, 0.6) is 0 Å². The van der Waals surface area contributed by atoms with Crippen LogP contribution in [0.2, 0.25) is 0 Å².